The Balaban J connectivity index is 2.15. The Bertz CT molecular complexity index is 431. The van der Waals surface area contributed by atoms with Crippen molar-refractivity contribution in [3.05, 3.63) is 29.8 Å². The molecule has 0 aliphatic carbocycles. The molecule has 0 unspecified atom stereocenters. The van der Waals surface area contributed by atoms with Crippen molar-refractivity contribution < 1.29 is 19.8 Å². The topological polar surface area (TPSA) is 98.7 Å². The number of nitrogens with one attached hydrogen (secondary N) is 2. The number of rotatable bonds is 8. The maximum Gasteiger partial charge on any atom is 0.404 e. The number of anilines is 1. The van der Waals surface area contributed by atoms with Crippen LogP contribution in [0.15, 0.2) is 24.3 Å². The zero-order valence-corrected chi connectivity index (χ0v) is 11.3. The molecule has 6 nitrogen and oxygen atoms in total. The van der Waals surface area contributed by atoms with Gasteiger partial charge in [-0.3, -0.25) is 4.79 Å². The molecule has 1 aromatic rings. The molecule has 0 saturated carbocycles. The van der Waals surface area contributed by atoms with Crippen LogP contribution in [0.2, 0.25) is 0 Å². The number of carbonyl (C=O) groups excluding carboxylic acids is 1. The number of aliphatic hydroxyl groups excluding tert-OH is 1. The zero-order chi connectivity index (χ0) is 14.8. The molecule has 110 valence electrons. The summed E-state index contributed by atoms with van der Waals surface area (Å²) >= 11 is 0. The van der Waals surface area contributed by atoms with Gasteiger partial charge in [0.05, 0.1) is 6.61 Å². The number of amides is 2. The average Bonchev–Trinajstić information content (AvgIpc) is 2.43. The van der Waals surface area contributed by atoms with Crippen molar-refractivity contribution in [2.45, 2.75) is 32.3 Å². The molecule has 0 aliphatic rings. The third-order valence-corrected chi connectivity index (χ3v) is 2.78. The van der Waals surface area contributed by atoms with Crippen molar-refractivity contribution in [2.75, 3.05) is 11.9 Å². The zero-order valence-electron chi connectivity index (χ0n) is 11.3. The molecule has 0 heterocycles. The van der Waals surface area contributed by atoms with E-state index in [2.05, 4.69) is 10.6 Å². The van der Waals surface area contributed by atoms with E-state index in [1.54, 1.807) is 24.3 Å². The van der Waals surface area contributed by atoms with Crippen LogP contribution in [0.25, 0.3) is 0 Å². The lowest BCUT2D eigenvalue weighted by Crippen LogP contribution is -2.21. The van der Waals surface area contributed by atoms with E-state index in [0.717, 1.165) is 24.8 Å². The summed E-state index contributed by atoms with van der Waals surface area (Å²) in [6.45, 7) is 0.401. The van der Waals surface area contributed by atoms with Crippen LogP contribution in [0.4, 0.5) is 10.5 Å². The van der Waals surface area contributed by atoms with Gasteiger partial charge in [-0.25, -0.2) is 4.79 Å². The molecule has 0 atom stereocenters. The highest BCUT2D eigenvalue weighted by molar-refractivity contribution is 5.90. The molecule has 1 rings (SSSR count). The summed E-state index contributed by atoms with van der Waals surface area (Å²) in [7, 11) is 0. The van der Waals surface area contributed by atoms with Gasteiger partial charge >= 0.3 is 6.09 Å². The largest absolute Gasteiger partial charge is 0.465 e. The predicted octanol–water partition coefficient (Wildman–Crippen LogP) is 1.95. The van der Waals surface area contributed by atoms with Crippen LogP contribution < -0.4 is 10.6 Å². The smallest absolute Gasteiger partial charge is 0.404 e. The van der Waals surface area contributed by atoms with E-state index in [9.17, 15) is 9.59 Å². The summed E-state index contributed by atoms with van der Waals surface area (Å²) in [5, 5.41) is 22.3. The third-order valence-electron chi connectivity index (χ3n) is 2.78. The normalized spacial score (nSPS) is 10.1. The molecule has 2 amide bonds. The summed E-state index contributed by atoms with van der Waals surface area (Å²) in [6.07, 6.45) is 1.65. The molecule has 1 aromatic carbocycles. The Hall–Kier alpha value is -2.08. The van der Waals surface area contributed by atoms with Crippen molar-refractivity contribution in [2.24, 2.45) is 0 Å². The minimum absolute atomic E-state index is 0.0153. The van der Waals surface area contributed by atoms with Gasteiger partial charge in [-0.2, -0.15) is 0 Å². The molecular formula is C14H20N2O4. The highest BCUT2D eigenvalue weighted by Crippen LogP contribution is 2.10. The predicted molar refractivity (Wildman–Crippen MR) is 75.5 cm³/mol. The molecule has 6 heteroatoms. The van der Waals surface area contributed by atoms with E-state index in [0.29, 0.717) is 18.7 Å². The summed E-state index contributed by atoms with van der Waals surface area (Å²) in [4.78, 5) is 21.8. The van der Waals surface area contributed by atoms with E-state index in [-0.39, 0.29) is 12.5 Å². The number of hydrogen-bond donors (Lipinski definition) is 4. The molecule has 4 N–H and O–H groups in total. The highest BCUT2D eigenvalue weighted by Gasteiger charge is 2.02. The first kappa shape index (κ1) is 16.0. The van der Waals surface area contributed by atoms with Gasteiger partial charge in [-0.05, 0) is 30.5 Å². The Morgan fingerprint density at radius 3 is 2.35 bits per heavy atom. The van der Waals surface area contributed by atoms with Gasteiger partial charge in [0.2, 0.25) is 5.91 Å². The van der Waals surface area contributed by atoms with Crippen molar-refractivity contribution in [3.8, 4) is 0 Å². The van der Waals surface area contributed by atoms with E-state index in [4.69, 9.17) is 10.2 Å². The second-order valence-corrected chi connectivity index (χ2v) is 4.45. The van der Waals surface area contributed by atoms with Crippen molar-refractivity contribution in [1.29, 1.82) is 0 Å². The lowest BCUT2D eigenvalue weighted by molar-refractivity contribution is -0.116. The summed E-state index contributed by atoms with van der Waals surface area (Å²) in [5.74, 6) is -0.0621. The quantitative estimate of drug-likeness (QED) is 0.547. The van der Waals surface area contributed by atoms with Crippen LogP contribution in [0.3, 0.4) is 0 Å². The van der Waals surface area contributed by atoms with Crippen LogP contribution in [-0.2, 0) is 11.4 Å². The fourth-order valence-electron chi connectivity index (χ4n) is 1.70. The molecule has 0 radical (unpaired) electrons. The third kappa shape index (κ3) is 6.75. The van der Waals surface area contributed by atoms with Gasteiger partial charge in [0.15, 0.2) is 0 Å². The molecule has 0 aliphatic heterocycles. The van der Waals surface area contributed by atoms with Crippen molar-refractivity contribution >= 4 is 17.7 Å². The molecule has 0 aromatic heterocycles. The first-order valence-electron chi connectivity index (χ1n) is 6.58. The minimum Gasteiger partial charge on any atom is -0.465 e. The maximum absolute atomic E-state index is 11.6. The van der Waals surface area contributed by atoms with Gasteiger partial charge in [-0.15, -0.1) is 0 Å². The second-order valence-electron chi connectivity index (χ2n) is 4.45. The van der Waals surface area contributed by atoms with Gasteiger partial charge in [0, 0.05) is 18.7 Å². The maximum atomic E-state index is 11.6. The van der Waals surface area contributed by atoms with Gasteiger partial charge < -0.3 is 20.8 Å². The molecule has 20 heavy (non-hydrogen) atoms. The molecular weight excluding hydrogens is 260 g/mol. The number of hydrogen-bond acceptors (Lipinski definition) is 3. The Morgan fingerprint density at radius 2 is 1.75 bits per heavy atom. The number of unbranched alkanes of at least 4 members (excludes halogenated alkanes) is 2. The number of benzene rings is 1. The summed E-state index contributed by atoms with van der Waals surface area (Å²) in [6, 6.07) is 7.01. The lowest BCUT2D eigenvalue weighted by Gasteiger charge is -2.06. The minimum atomic E-state index is -1.02. The Morgan fingerprint density at radius 1 is 1.05 bits per heavy atom. The van der Waals surface area contributed by atoms with Crippen molar-refractivity contribution in [3.63, 3.8) is 0 Å². The van der Waals surface area contributed by atoms with E-state index in [1.807, 2.05) is 0 Å². The summed E-state index contributed by atoms with van der Waals surface area (Å²) in [5.41, 5.74) is 1.51. The monoisotopic (exact) mass is 280 g/mol. The lowest BCUT2D eigenvalue weighted by atomic mass is 10.1. The Kier molecular flexibility index (Phi) is 7.13. The number of carbonyl (C=O) groups is 2. The number of carboxylic acid groups (broad SMARTS) is 1. The van der Waals surface area contributed by atoms with Crippen LogP contribution in [0.1, 0.15) is 31.2 Å². The van der Waals surface area contributed by atoms with Crippen LogP contribution in [0, 0.1) is 0 Å². The second kappa shape index (κ2) is 8.92. The number of aliphatic hydroxyl groups is 1. The SMILES string of the molecule is O=C(O)NCCCCCC(=O)Nc1ccc(CO)cc1. The van der Waals surface area contributed by atoms with E-state index in [1.165, 1.54) is 0 Å². The molecule has 0 fully saturated rings. The summed E-state index contributed by atoms with van der Waals surface area (Å²) < 4.78 is 0. The van der Waals surface area contributed by atoms with Crippen LogP contribution in [0.5, 0.6) is 0 Å². The molecule has 0 saturated heterocycles. The Labute approximate surface area is 117 Å². The molecule has 0 bridgehead atoms. The molecule has 0 spiro atoms. The van der Waals surface area contributed by atoms with Gasteiger partial charge in [0.1, 0.15) is 0 Å². The van der Waals surface area contributed by atoms with Gasteiger partial charge in [-0.1, -0.05) is 18.6 Å². The van der Waals surface area contributed by atoms with Crippen molar-refractivity contribution in [1.82, 2.24) is 5.32 Å². The van der Waals surface area contributed by atoms with Crippen LogP contribution >= 0.6 is 0 Å². The first-order valence-corrected chi connectivity index (χ1v) is 6.58. The van der Waals surface area contributed by atoms with Crippen LogP contribution in [-0.4, -0.2) is 28.8 Å². The fraction of sp³-hybridized carbons (Fsp3) is 0.429. The first-order chi connectivity index (χ1) is 9.61. The highest BCUT2D eigenvalue weighted by atomic mass is 16.4. The average molecular weight is 280 g/mol. The van der Waals surface area contributed by atoms with Gasteiger partial charge in [0.25, 0.3) is 0 Å². The van der Waals surface area contributed by atoms with E-state index >= 15 is 0 Å². The fourth-order valence-corrected chi connectivity index (χ4v) is 1.70. The standard InChI is InChI=1S/C14H20N2O4/c17-10-11-5-7-12(8-6-11)16-13(18)4-2-1-3-9-15-14(19)20/h5-8,15,17H,1-4,9-10H2,(H,16,18)(H,19,20). The van der Waals surface area contributed by atoms with E-state index < -0.39 is 6.09 Å².